The summed E-state index contributed by atoms with van der Waals surface area (Å²) >= 11 is 2.19. The number of nitrogens with zero attached hydrogens (tertiary/aromatic N) is 2. The average Bonchev–Trinajstić information content (AvgIpc) is 2.88. The number of halogens is 3. The van der Waals surface area contributed by atoms with Crippen molar-refractivity contribution in [3.63, 3.8) is 0 Å². The van der Waals surface area contributed by atoms with Crippen LogP contribution >= 0.6 is 23.1 Å². The Labute approximate surface area is 120 Å². The molecule has 0 aliphatic carbocycles. The predicted molar refractivity (Wildman–Crippen MR) is 70.7 cm³/mol. The molecule has 0 atom stereocenters. The molecule has 106 valence electrons. The number of carbonyl (C=O) groups is 1. The topological polar surface area (TPSA) is 54.9 Å². The van der Waals surface area contributed by atoms with Gasteiger partial charge in [-0.05, 0) is 18.2 Å². The number of carbonyl (C=O) groups excluding carboxylic acids is 1. The standard InChI is InChI=1S/C11H8F3N3OS2/c12-11(13,14)7-2-1-3-8(4-7)19-5-9(18)16-10-17-15-6-20-10/h1-4,6H,5H2,(H,16,17,18). The van der Waals surface area contributed by atoms with Gasteiger partial charge in [-0.3, -0.25) is 10.1 Å². The highest BCUT2D eigenvalue weighted by atomic mass is 32.2. The van der Waals surface area contributed by atoms with Gasteiger partial charge in [0.25, 0.3) is 0 Å². The summed E-state index contributed by atoms with van der Waals surface area (Å²) in [7, 11) is 0. The lowest BCUT2D eigenvalue weighted by Crippen LogP contribution is -2.13. The molecule has 1 heterocycles. The Morgan fingerprint density at radius 2 is 2.20 bits per heavy atom. The molecule has 20 heavy (non-hydrogen) atoms. The van der Waals surface area contributed by atoms with Crippen molar-refractivity contribution in [2.75, 3.05) is 11.1 Å². The fraction of sp³-hybridized carbons (Fsp3) is 0.182. The van der Waals surface area contributed by atoms with Crippen LogP contribution in [-0.2, 0) is 11.0 Å². The highest BCUT2D eigenvalue weighted by Gasteiger charge is 2.30. The van der Waals surface area contributed by atoms with Crippen molar-refractivity contribution in [2.45, 2.75) is 11.1 Å². The van der Waals surface area contributed by atoms with E-state index in [-0.39, 0.29) is 11.7 Å². The highest BCUT2D eigenvalue weighted by molar-refractivity contribution is 8.00. The van der Waals surface area contributed by atoms with Crippen LogP contribution in [0.15, 0.2) is 34.7 Å². The maximum Gasteiger partial charge on any atom is 0.416 e. The van der Waals surface area contributed by atoms with E-state index >= 15 is 0 Å². The largest absolute Gasteiger partial charge is 0.416 e. The Morgan fingerprint density at radius 3 is 2.85 bits per heavy atom. The van der Waals surface area contributed by atoms with Crippen LogP contribution in [-0.4, -0.2) is 21.9 Å². The summed E-state index contributed by atoms with van der Waals surface area (Å²) in [6.07, 6.45) is -4.38. The van der Waals surface area contributed by atoms with E-state index in [2.05, 4.69) is 15.5 Å². The number of anilines is 1. The molecule has 0 aliphatic rings. The lowest BCUT2D eigenvalue weighted by atomic mass is 10.2. The van der Waals surface area contributed by atoms with Crippen LogP contribution in [0.5, 0.6) is 0 Å². The molecule has 0 bridgehead atoms. The monoisotopic (exact) mass is 319 g/mol. The Hall–Kier alpha value is -1.61. The minimum absolute atomic E-state index is 0.000883. The van der Waals surface area contributed by atoms with Crippen molar-refractivity contribution in [3.8, 4) is 0 Å². The minimum atomic E-state index is -4.38. The van der Waals surface area contributed by atoms with Crippen LogP contribution in [0.1, 0.15) is 5.56 Å². The average molecular weight is 319 g/mol. The fourth-order valence-electron chi connectivity index (χ4n) is 1.29. The highest BCUT2D eigenvalue weighted by Crippen LogP contribution is 2.31. The lowest BCUT2D eigenvalue weighted by Gasteiger charge is -2.08. The zero-order valence-corrected chi connectivity index (χ0v) is 11.5. The maximum absolute atomic E-state index is 12.5. The number of alkyl halides is 3. The summed E-state index contributed by atoms with van der Waals surface area (Å²) in [5.41, 5.74) is 0.738. The van der Waals surface area contributed by atoms with Crippen LogP contribution in [0, 0.1) is 0 Å². The molecule has 0 spiro atoms. The molecule has 1 amide bonds. The van der Waals surface area contributed by atoms with Gasteiger partial charge in [0.15, 0.2) is 0 Å². The summed E-state index contributed by atoms with van der Waals surface area (Å²) < 4.78 is 37.5. The Morgan fingerprint density at radius 1 is 1.40 bits per heavy atom. The molecule has 2 rings (SSSR count). The first-order valence-electron chi connectivity index (χ1n) is 5.31. The van der Waals surface area contributed by atoms with Gasteiger partial charge >= 0.3 is 6.18 Å². The van der Waals surface area contributed by atoms with Gasteiger partial charge in [-0.1, -0.05) is 17.4 Å². The van der Waals surface area contributed by atoms with Crippen molar-refractivity contribution in [2.24, 2.45) is 0 Å². The number of amides is 1. The van der Waals surface area contributed by atoms with E-state index in [1.165, 1.54) is 29.0 Å². The molecule has 1 aromatic carbocycles. The Kier molecular flexibility index (Phi) is 4.61. The number of nitrogens with one attached hydrogen (secondary N) is 1. The van der Waals surface area contributed by atoms with Crippen molar-refractivity contribution in [3.05, 3.63) is 35.3 Å². The van der Waals surface area contributed by atoms with E-state index in [1.807, 2.05) is 0 Å². The van der Waals surface area contributed by atoms with Crippen molar-refractivity contribution < 1.29 is 18.0 Å². The fourth-order valence-corrected chi connectivity index (χ4v) is 2.51. The molecule has 0 aliphatic heterocycles. The summed E-state index contributed by atoms with van der Waals surface area (Å²) in [6.45, 7) is 0. The van der Waals surface area contributed by atoms with Gasteiger partial charge in [-0.25, -0.2) is 0 Å². The molecule has 1 aromatic heterocycles. The number of aromatic nitrogens is 2. The predicted octanol–water partition coefficient (Wildman–Crippen LogP) is 3.29. The Balaban J connectivity index is 1.92. The van der Waals surface area contributed by atoms with Crippen molar-refractivity contribution >= 4 is 34.1 Å². The normalized spacial score (nSPS) is 11.3. The van der Waals surface area contributed by atoms with Crippen LogP contribution < -0.4 is 5.32 Å². The molecule has 4 nitrogen and oxygen atoms in total. The van der Waals surface area contributed by atoms with Crippen LogP contribution in [0.3, 0.4) is 0 Å². The number of hydrogen-bond acceptors (Lipinski definition) is 5. The van der Waals surface area contributed by atoms with Gasteiger partial charge in [0.1, 0.15) is 5.51 Å². The molecule has 0 radical (unpaired) electrons. The first-order chi connectivity index (χ1) is 9.45. The zero-order valence-electron chi connectivity index (χ0n) is 9.85. The van der Waals surface area contributed by atoms with E-state index in [0.717, 1.165) is 23.9 Å². The van der Waals surface area contributed by atoms with Gasteiger partial charge in [0.2, 0.25) is 11.0 Å². The summed E-state index contributed by atoms with van der Waals surface area (Å²) in [5, 5.41) is 10.1. The van der Waals surface area contributed by atoms with E-state index in [0.29, 0.717) is 10.0 Å². The molecule has 0 saturated carbocycles. The first kappa shape index (κ1) is 14.8. The van der Waals surface area contributed by atoms with Crippen LogP contribution in [0.2, 0.25) is 0 Å². The van der Waals surface area contributed by atoms with Crippen molar-refractivity contribution in [1.82, 2.24) is 10.2 Å². The number of rotatable bonds is 4. The molecular formula is C11H8F3N3OS2. The molecule has 0 fully saturated rings. The zero-order chi connectivity index (χ0) is 14.6. The first-order valence-corrected chi connectivity index (χ1v) is 7.18. The molecule has 9 heteroatoms. The van der Waals surface area contributed by atoms with Gasteiger partial charge < -0.3 is 0 Å². The Bertz CT molecular complexity index is 587. The van der Waals surface area contributed by atoms with Gasteiger partial charge in [0.05, 0.1) is 11.3 Å². The molecule has 0 saturated heterocycles. The van der Waals surface area contributed by atoms with Gasteiger partial charge in [-0.15, -0.1) is 22.0 Å². The lowest BCUT2D eigenvalue weighted by molar-refractivity contribution is -0.137. The summed E-state index contributed by atoms with van der Waals surface area (Å²) in [4.78, 5) is 11.9. The smallest absolute Gasteiger partial charge is 0.300 e. The molecular weight excluding hydrogens is 311 g/mol. The van der Waals surface area contributed by atoms with E-state index in [9.17, 15) is 18.0 Å². The second-order valence-corrected chi connectivity index (χ2v) is 5.49. The van der Waals surface area contributed by atoms with Gasteiger partial charge in [-0.2, -0.15) is 13.2 Å². The third-order valence-electron chi connectivity index (χ3n) is 2.14. The van der Waals surface area contributed by atoms with Crippen molar-refractivity contribution in [1.29, 1.82) is 0 Å². The van der Waals surface area contributed by atoms with Crippen LogP contribution in [0.4, 0.5) is 18.3 Å². The third kappa shape index (κ3) is 4.20. The van der Waals surface area contributed by atoms with E-state index < -0.39 is 11.7 Å². The summed E-state index contributed by atoms with van der Waals surface area (Å²) in [6, 6.07) is 4.85. The van der Waals surface area contributed by atoms with E-state index in [4.69, 9.17) is 0 Å². The maximum atomic E-state index is 12.5. The van der Waals surface area contributed by atoms with Crippen LogP contribution in [0.25, 0.3) is 0 Å². The van der Waals surface area contributed by atoms with E-state index in [1.54, 1.807) is 0 Å². The SMILES string of the molecule is O=C(CSc1cccc(C(F)(F)F)c1)Nc1nncs1. The minimum Gasteiger partial charge on any atom is -0.300 e. The molecule has 2 aromatic rings. The number of hydrogen-bond donors (Lipinski definition) is 1. The third-order valence-corrected chi connectivity index (χ3v) is 3.74. The second-order valence-electron chi connectivity index (χ2n) is 3.61. The number of thioether (sulfide) groups is 1. The number of benzene rings is 1. The second kappa shape index (κ2) is 6.23. The van der Waals surface area contributed by atoms with Gasteiger partial charge in [0, 0.05) is 4.90 Å². The quantitative estimate of drug-likeness (QED) is 0.879. The molecule has 1 N–H and O–H groups in total. The summed E-state index contributed by atoms with van der Waals surface area (Å²) in [5.74, 6) is -0.342. The molecule has 0 unspecified atom stereocenters.